The molecule has 3 aromatic rings. The maximum absolute atomic E-state index is 13.5. The van der Waals surface area contributed by atoms with Crippen LogP contribution in [0.5, 0.6) is 5.75 Å². The van der Waals surface area contributed by atoms with Gasteiger partial charge in [0.1, 0.15) is 11.8 Å². The first-order chi connectivity index (χ1) is 16.4. The average molecular weight is 477 g/mol. The van der Waals surface area contributed by atoms with E-state index in [1.807, 2.05) is 37.3 Å². The molecule has 174 valence electrons. The van der Waals surface area contributed by atoms with E-state index in [0.29, 0.717) is 28.4 Å². The summed E-state index contributed by atoms with van der Waals surface area (Å²) in [4.78, 5) is 42.5. The molecule has 3 aromatic carbocycles. The summed E-state index contributed by atoms with van der Waals surface area (Å²) in [6.07, 6.45) is 0.427. The molecule has 1 saturated heterocycles. The van der Waals surface area contributed by atoms with Crippen molar-refractivity contribution in [1.82, 2.24) is 4.90 Å². The van der Waals surface area contributed by atoms with E-state index in [0.717, 1.165) is 16.0 Å². The third kappa shape index (κ3) is 4.97. The number of rotatable bonds is 7. The number of aryl methyl sites for hydroxylation is 1. The molecule has 1 fully saturated rings. The fraction of sp³-hybridized carbons (Fsp3) is 0.222. The largest absolute Gasteiger partial charge is 0.497 e. The highest BCUT2D eigenvalue weighted by Crippen LogP contribution is 2.28. The molecule has 34 heavy (non-hydrogen) atoms. The van der Waals surface area contributed by atoms with Crippen LogP contribution in [0.25, 0.3) is 0 Å². The van der Waals surface area contributed by atoms with Crippen molar-refractivity contribution in [2.24, 2.45) is 0 Å². The van der Waals surface area contributed by atoms with Crippen molar-refractivity contribution in [3.63, 3.8) is 0 Å². The molecule has 0 aliphatic carbocycles. The summed E-state index contributed by atoms with van der Waals surface area (Å²) in [5.74, 6) is -0.423. The van der Waals surface area contributed by atoms with Crippen molar-refractivity contribution >= 4 is 35.0 Å². The fourth-order valence-corrected chi connectivity index (χ4v) is 4.28. The minimum absolute atomic E-state index is 0.0714. The minimum Gasteiger partial charge on any atom is -0.497 e. The first kappa shape index (κ1) is 23.5. The number of halogens is 1. The molecule has 0 aromatic heterocycles. The molecule has 0 radical (unpaired) electrons. The predicted octanol–water partition coefficient (Wildman–Crippen LogP) is 4.67. The number of carbonyl (C=O) groups is 3. The van der Waals surface area contributed by atoms with Crippen LogP contribution in [0.4, 0.5) is 5.69 Å². The highest BCUT2D eigenvalue weighted by atomic mass is 35.5. The van der Waals surface area contributed by atoms with Gasteiger partial charge in [-0.2, -0.15) is 0 Å². The van der Waals surface area contributed by atoms with Gasteiger partial charge in [-0.1, -0.05) is 41.4 Å². The Morgan fingerprint density at radius 2 is 1.76 bits per heavy atom. The van der Waals surface area contributed by atoms with Crippen molar-refractivity contribution in [3.05, 3.63) is 94.5 Å². The Labute approximate surface area is 203 Å². The quantitative estimate of drug-likeness (QED) is 0.464. The Bertz CT molecular complexity index is 1210. The van der Waals surface area contributed by atoms with Crippen LogP contribution in [-0.2, 0) is 16.0 Å². The number of imide groups is 1. The van der Waals surface area contributed by atoms with E-state index in [2.05, 4.69) is 0 Å². The molecule has 0 saturated carbocycles. The van der Waals surface area contributed by atoms with E-state index in [4.69, 9.17) is 16.3 Å². The summed E-state index contributed by atoms with van der Waals surface area (Å²) in [5.41, 5.74) is 2.90. The summed E-state index contributed by atoms with van der Waals surface area (Å²) in [5, 5.41) is 0.603. The van der Waals surface area contributed by atoms with Gasteiger partial charge < -0.3 is 9.64 Å². The van der Waals surface area contributed by atoms with E-state index >= 15 is 0 Å². The van der Waals surface area contributed by atoms with Crippen LogP contribution in [0.3, 0.4) is 0 Å². The van der Waals surface area contributed by atoms with E-state index in [1.54, 1.807) is 49.6 Å². The molecule has 7 heteroatoms. The maximum Gasteiger partial charge on any atom is 0.257 e. The third-order valence-corrected chi connectivity index (χ3v) is 6.15. The highest BCUT2D eigenvalue weighted by Gasteiger charge is 2.44. The Morgan fingerprint density at radius 3 is 2.41 bits per heavy atom. The smallest absolute Gasteiger partial charge is 0.257 e. The number of methoxy groups -OCH3 is 1. The van der Waals surface area contributed by atoms with Crippen LogP contribution >= 0.6 is 11.6 Å². The van der Waals surface area contributed by atoms with Crippen molar-refractivity contribution in [2.75, 3.05) is 18.6 Å². The zero-order chi connectivity index (χ0) is 24.2. The second kappa shape index (κ2) is 10.1. The van der Waals surface area contributed by atoms with Crippen molar-refractivity contribution in [1.29, 1.82) is 0 Å². The molecule has 1 atom stereocenters. The van der Waals surface area contributed by atoms with E-state index < -0.39 is 11.9 Å². The first-order valence-electron chi connectivity index (χ1n) is 11.0. The lowest BCUT2D eigenvalue weighted by atomic mass is 10.1. The van der Waals surface area contributed by atoms with E-state index in [9.17, 15) is 14.4 Å². The molecule has 4 rings (SSSR count). The SMILES string of the molecule is COc1ccc(N2C(=O)CC(N(CCc3cccc(Cl)c3)C(=O)c3ccc(C)cc3)C2=O)cc1. The average Bonchev–Trinajstić information content (AvgIpc) is 3.13. The zero-order valence-corrected chi connectivity index (χ0v) is 19.8. The molecule has 6 nitrogen and oxygen atoms in total. The van der Waals surface area contributed by atoms with Gasteiger partial charge in [0.25, 0.3) is 11.8 Å². The molecule has 3 amide bonds. The number of benzene rings is 3. The lowest BCUT2D eigenvalue weighted by Crippen LogP contribution is -2.46. The van der Waals surface area contributed by atoms with Crippen LogP contribution in [0.2, 0.25) is 5.02 Å². The van der Waals surface area contributed by atoms with Gasteiger partial charge in [0, 0.05) is 17.1 Å². The number of hydrogen-bond donors (Lipinski definition) is 0. The van der Waals surface area contributed by atoms with Crippen LogP contribution in [0, 0.1) is 6.92 Å². The van der Waals surface area contributed by atoms with Gasteiger partial charge in [0.15, 0.2) is 0 Å². The second-order valence-electron chi connectivity index (χ2n) is 8.23. The standard InChI is InChI=1S/C27H25ClN2O4/c1-18-6-8-20(9-7-18)26(32)29(15-14-19-4-3-5-21(28)16-19)24-17-25(31)30(27(24)33)22-10-12-23(34-2)13-11-22/h3-13,16,24H,14-15,17H2,1-2H3. The van der Waals surface area contributed by atoms with Crippen LogP contribution in [0.1, 0.15) is 27.9 Å². The Balaban J connectivity index is 1.62. The first-order valence-corrected chi connectivity index (χ1v) is 11.4. The van der Waals surface area contributed by atoms with Crippen LogP contribution in [0.15, 0.2) is 72.8 Å². The predicted molar refractivity (Wildman–Crippen MR) is 131 cm³/mol. The Kier molecular flexibility index (Phi) is 6.98. The second-order valence-corrected chi connectivity index (χ2v) is 8.67. The molecule has 1 unspecified atom stereocenters. The Morgan fingerprint density at radius 1 is 1.06 bits per heavy atom. The third-order valence-electron chi connectivity index (χ3n) is 5.92. The normalized spacial score (nSPS) is 15.5. The molecule has 0 N–H and O–H groups in total. The van der Waals surface area contributed by atoms with Gasteiger partial charge in [0.2, 0.25) is 5.91 Å². The molecule has 0 bridgehead atoms. The van der Waals surface area contributed by atoms with Gasteiger partial charge in [-0.15, -0.1) is 0 Å². The highest BCUT2D eigenvalue weighted by molar-refractivity contribution is 6.30. The zero-order valence-electron chi connectivity index (χ0n) is 19.0. The van der Waals surface area contributed by atoms with Gasteiger partial charge >= 0.3 is 0 Å². The topological polar surface area (TPSA) is 66.9 Å². The fourth-order valence-electron chi connectivity index (χ4n) is 4.06. The molecular formula is C27H25ClN2O4. The molecule has 1 aliphatic rings. The summed E-state index contributed by atoms with van der Waals surface area (Å²) in [6.45, 7) is 2.21. The Hall–Kier alpha value is -3.64. The van der Waals surface area contributed by atoms with Gasteiger partial charge in [-0.25, -0.2) is 4.90 Å². The van der Waals surface area contributed by atoms with Gasteiger partial charge in [0.05, 0.1) is 19.2 Å². The van der Waals surface area contributed by atoms with Gasteiger partial charge in [-0.3, -0.25) is 14.4 Å². The minimum atomic E-state index is -0.886. The number of nitrogens with zero attached hydrogens (tertiary/aromatic N) is 2. The summed E-state index contributed by atoms with van der Waals surface area (Å²) >= 11 is 6.12. The number of ether oxygens (including phenoxy) is 1. The lowest BCUT2D eigenvalue weighted by Gasteiger charge is -2.28. The maximum atomic E-state index is 13.5. The molecule has 1 heterocycles. The molecule has 1 aliphatic heterocycles. The summed E-state index contributed by atoms with van der Waals surface area (Å²) in [6, 6.07) is 20.4. The monoisotopic (exact) mass is 476 g/mol. The summed E-state index contributed by atoms with van der Waals surface area (Å²) < 4.78 is 5.17. The van der Waals surface area contributed by atoms with Crippen LogP contribution in [-0.4, -0.2) is 42.3 Å². The number of carbonyl (C=O) groups excluding carboxylic acids is 3. The van der Waals surface area contributed by atoms with Gasteiger partial charge in [-0.05, 0) is 67.4 Å². The van der Waals surface area contributed by atoms with E-state index in [-0.39, 0.29) is 24.8 Å². The lowest BCUT2D eigenvalue weighted by molar-refractivity contribution is -0.122. The van der Waals surface area contributed by atoms with E-state index in [1.165, 1.54) is 4.90 Å². The van der Waals surface area contributed by atoms with Crippen molar-refractivity contribution < 1.29 is 19.1 Å². The summed E-state index contributed by atoms with van der Waals surface area (Å²) in [7, 11) is 1.55. The number of amides is 3. The van der Waals surface area contributed by atoms with Crippen molar-refractivity contribution in [2.45, 2.75) is 25.8 Å². The molecule has 0 spiro atoms. The van der Waals surface area contributed by atoms with Crippen molar-refractivity contribution in [3.8, 4) is 5.75 Å². The number of hydrogen-bond acceptors (Lipinski definition) is 4. The number of anilines is 1. The molecular weight excluding hydrogens is 452 g/mol. The van der Waals surface area contributed by atoms with Crippen LogP contribution < -0.4 is 9.64 Å².